The van der Waals surface area contributed by atoms with Crippen LogP contribution in [-0.4, -0.2) is 6.04 Å². The molecule has 3 N–H and O–H groups in total. The van der Waals surface area contributed by atoms with Gasteiger partial charge < -0.3 is 0 Å². The largest absolute Gasteiger partial charge is 0.271 e. The van der Waals surface area contributed by atoms with Crippen molar-refractivity contribution in [2.45, 2.75) is 32.2 Å². The molecule has 1 aromatic carbocycles. The number of nitrogens with one attached hydrogen (secondary N) is 1. The molecule has 0 amide bonds. The van der Waals surface area contributed by atoms with Gasteiger partial charge in [-0.05, 0) is 36.3 Å². The van der Waals surface area contributed by atoms with Crippen molar-refractivity contribution < 1.29 is 4.39 Å². The first-order valence-corrected chi connectivity index (χ1v) is 5.83. The predicted octanol–water partition coefficient (Wildman–Crippen LogP) is 2.65. The van der Waals surface area contributed by atoms with Crippen LogP contribution in [0.4, 0.5) is 4.39 Å². The highest BCUT2D eigenvalue weighted by atomic mass is 35.5. The van der Waals surface area contributed by atoms with Gasteiger partial charge in [0, 0.05) is 6.04 Å². The lowest BCUT2D eigenvalue weighted by atomic mass is 9.93. The lowest BCUT2D eigenvalue weighted by Crippen LogP contribution is -2.42. The summed E-state index contributed by atoms with van der Waals surface area (Å²) in [5.74, 6) is 5.20. The van der Waals surface area contributed by atoms with Crippen LogP contribution in [0.5, 0.6) is 0 Å². The van der Waals surface area contributed by atoms with E-state index in [0.29, 0.717) is 12.0 Å². The molecule has 1 fully saturated rings. The van der Waals surface area contributed by atoms with Crippen molar-refractivity contribution in [3.63, 3.8) is 0 Å². The SMILES string of the molecule is CC1(C(Cc2cccc(Cl)c2F)NN)CC1. The third-order valence-corrected chi connectivity index (χ3v) is 3.83. The predicted molar refractivity (Wildman–Crippen MR) is 63.6 cm³/mol. The van der Waals surface area contributed by atoms with Crippen LogP contribution in [0.3, 0.4) is 0 Å². The van der Waals surface area contributed by atoms with E-state index in [1.165, 1.54) is 0 Å². The first-order valence-electron chi connectivity index (χ1n) is 5.46. The van der Waals surface area contributed by atoms with Gasteiger partial charge in [-0.2, -0.15) is 0 Å². The molecule has 0 aromatic heterocycles. The average molecular weight is 243 g/mol. The Labute approximate surface area is 99.9 Å². The van der Waals surface area contributed by atoms with Gasteiger partial charge in [0.1, 0.15) is 5.82 Å². The van der Waals surface area contributed by atoms with Crippen molar-refractivity contribution in [2.24, 2.45) is 11.3 Å². The van der Waals surface area contributed by atoms with Gasteiger partial charge in [0.15, 0.2) is 0 Å². The summed E-state index contributed by atoms with van der Waals surface area (Å²) in [6.07, 6.45) is 2.87. The first-order chi connectivity index (χ1) is 7.57. The van der Waals surface area contributed by atoms with Gasteiger partial charge in [-0.1, -0.05) is 30.7 Å². The maximum Gasteiger partial charge on any atom is 0.145 e. The second-order valence-corrected chi connectivity index (χ2v) is 5.20. The molecule has 1 saturated carbocycles. The zero-order valence-corrected chi connectivity index (χ0v) is 10.0. The normalized spacial score (nSPS) is 19.5. The number of hydrogen-bond donors (Lipinski definition) is 2. The van der Waals surface area contributed by atoms with Crippen LogP contribution in [0.25, 0.3) is 0 Å². The van der Waals surface area contributed by atoms with Crippen molar-refractivity contribution in [3.05, 3.63) is 34.6 Å². The van der Waals surface area contributed by atoms with Crippen LogP contribution in [0.15, 0.2) is 18.2 Å². The molecule has 2 nitrogen and oxygen atoms in total. The van der Waals surface area contributed by atoms with Gasteiger partial charge >= 0.3 is 0 Å². The molecule has 1 atom stereocenters. The minimum Gasteiger partial charge on any atom is -0.271 e. The standard InChI is InChI=1S/C12H16ClFN2/c1-12(5-6-12)10(16-15)7-8-3-2-4-9(13)11(8)14/h2-4,10,16H,5-7,15H2,1H3. The summed E-state index contributed by atoms with van der Waals surface area (Å²) in [7, 11) is 0. The van der Waals surface area contributed by atoms with Gasteiger partial charge in [0.2, 0.25) is 0 Å². The Kier molecular flexibility index (Phi) is 3.19. The summed E-state index contributed by atoms with van der Waals surface area (Å²) in [6.45, 7) is 2.17. The van der Waals surface area contributed by atoms with Crippen LogP contribution in [0, 0.1) is 11.2 Å². The highest BCUT2D eigenvalue weighted by Crippen LogP contribution is 2.48. The van der Waals surface area contributed by atoms with E-state index < -0.39 is 0 Å². The summed E-state index contributed by atoms with van der Waals surface area (Å²) in [5.41, 5.74) is 3.63. The summed E-state index contributed by atoms with van der Waals surface area (Å²) in [4.78, 5) is 0. The molecular weight excluding hydrogens is 227 g/mol. The number of hydrogen-bond acceptors (Lipinski definition) is 2. The Balaban J connectivity index is 2.16. The molecule has 1 aliphatic carbocycles. The molecule has 0 aliphatic heterocycles. The van der Waals surface area contributed by atoms with E-state index in [1.54, 1.807) is 18.2 Å². The van der Waals surface area contributed by atoms with E-state index in [-0.39, 0.29) is 22.3 Å². The van der Waals surface area contributed by atoms with Crippen molar-refractivity contribution in [1.29, 1.82) is 0 Å². The number of halogens is 2. The molecular formula is C12H16ClFN2. The Hall–Kier alpha value is -0.640. The van der Waals surface area contributed by atoms with E-state index in [2.05, 4.69) is 12.3 Å². The molecule has 0 heterocycles. The summed E-state index contributed by atoms with van der Waals surface area (Å²) in [6, 6.07) is 5.20. The molecule has 16 heavy (non-hydrogen) atoms. The lowest BCUT2D eigenvalue weighted by Gasteiger charge is -2.23. The number of nitrogens with two attached hydrogens (primary N) is 1. The van der Waals surface area contributed by atoms with Crippen molar-refractivity contribution in [3.8, 4) is 0 Å². The summed E-state index contributed by atoms with van der Waals surface area (Å²) >= 11 is 5.74. The molecule has 88 valence electrons. The van der Waals surface area contributed by atoms with Gasteiger partial charge in [0.05, 0.1) is 5.02 Å². The maximum atomic E-state index is 13.7. The smallest absolute Gasteiger partial charge is 0.145 e. The van der Waals surface area contributed by atoms with Gasteiger partial charge in [-0.15, -0.1) is 0 Å². The number of benzene rings is 1. The number of hydrazine groups is 1. The molecule has 0 bridgehead atoms. The van der Waals surface area contributed by atoms with E-state index in [1.807, 2.05) is 0 Å². The molecule has 0 radical (unpaired) electrons. The molecule has 0 saturated heterocycles. The van der Waals surface area contributed by atoms with Crippen molar-refractivity contribution >= 4 is 11.6 Å². The average Bonchev–Trinajstić information content (AvgIpc) is 3.00. The van der Waals surface area contributed by atoms with Crippen LogP contribution < -0.4 is 11.3 Å². The zero-order chi connectivity index (χ0) is 11.8. The molecule has 4 heteroatoms. The molecule has 1 aliphatic rings. The fraction of sp³-hybridized carbons (Fsp3) is 0.500. The third kappa shape index (κ3) is 2.21. The topological polar surface area (TPSA) is 38.0 Å². The summed E-state index contributed by atoms with van der Waals surface area (Å²) in [5, 5.41) is 0.175. The first kappa shape index (κ1) is 11.8. The Bertz CT molecular complexity index is 391. The van der Waals surface area contributed by atoms with Crippen LogP contribution in [0.1, 0.15) is 25.3 Å². The third-order valence-electron chi connectivity index (χ3n) is 3.54. The highest BCUT2D eigenvalue weighted by molar-refractivity contribution is 6.30. The molecule has 2 rings (SSSR count). The lowest BCUT2D eigenvalue weighted by molar-refractivity contribution is 0.355. The van der Waals surface area contributed by atoms with Crippen LogP contribution >= 0.6 is 11.6 Å². The van der Waals surface area contributed by atoms with Crippen LogP contribution in [-0.2, 0) is 6.42 Å². The molecule has 1 aromatic rings. The van der Waals surface area contributed by atoms with Gasteiger partial charge in [-0.3, -0.25) is 11.3 Å². The fourth-order valence-corrected chi connectivity index (χ4v) is 2.17. The Morgan fingerprint density at radius 1 is 1.56 bits per heavy atom. The van der Waals surface area contributed by atoms with E-state index in [9.17, 15) is 4.39 Å². The van der Waals surface area contributed by atoms with Crippen molar-refractivity contribution in [2.75, 3.05) is 0 Å². The van der Waals surface area contributed by atoms with Crippen LogP contribution in [0.2, 0.25) is 5.02 Å². The van der Waals surface area contributed by atoms with E-state index >= 15 is 0 Å². The minimum absolute atomic E-state index is 0.112. The van der Waals surface area contributed by atoms with E-state index in [4.69, 9.17) is 17.4 Å². The second kappa shape index (κ2) is 4.32. The zero-order valence-electron chi connectivity index (χ0n) is 9.26. The maximum absolute atomic E-state index is 13.7. The van der Waals surface area contributed by atoms with Gasteiger partial charge in [-0.25, -0.2) is 4.39 Å². The summed E-state index contributed by atoms with van der Waals surface area (Å²) < 4.78 is 13.7. The molecule has 0 spiro atoms. The number of rotatable bonds is 4. The fourth-order valence-electron chi connectivity index (χ4n) is 1.98. The minimum atomic E-state index is -0.325. The highest BCUT2D eigenvalue weighted by Gasteiger charge is 2.44. The Morgan fingerprint density at radius 2 is 2.25 bits per heavy atom. The van der Waals surface area contributed by atoms with Crippen molar-refractivity contribution in [1.82, 2.24) is 5.43 Å². The van der Waals surface area contributed by atoms with Gasteiger partial charge in [0.25, 0.3) is 0 Å². The monoisotopic (exact) mass is 242 g/mol. The van der Waals surface area contributed by atoms with E-state index in [0.717, 1.165) is 12.8 Å². The molecule has 1 unspecified atom stereocenters. The quantitative estimate of drug-likeness (QED) is 0.629. The Morgan fingerprint density at radius 3 is 2.81 bits per heavy atom. The second-order valence-electron chi connectivity index (χ2n) is 4.79.